The quantitative estimate of drug-likeness (QED) is 0.616. The molecule has 0 saturated heterocycles. The van der Waals surface area contributed by atoms with E-state index >= 15 is 0 Å². The lowest BCUT2D eigenvalue weighted by molar-refractivity contribution is 0.0316. The van der Waals surface area contributed by atoms with Crippen LogP contribution >= 0.6 is 0 Å². The molecule has 0 aliphatic rings. The Balaban J connectivity index is 2.21. The molecule has 0 spiro atoms. The minimum absolute atomic E-state index is 0.246. The number of benzene rings is 1. The first kappa shape index (κ1) is 20.4. The van der Waals surface area contributed by atoms with Gasteiger partial charge in [0.25, 0.3) is 0 Å². The zero-order valence-electron chi connectivity index (χ0n) is 16.6. The molecular weight excluding hydrogens is 346 g/mol. The van der Waals surface area contributed by atoms with Crippen LogP contribution in [0.25, 0.3) is 0 Å². The average Bonchev–Trinajstić information content (AvgIpc) is 2.87. The summed E-state index contributed by atoms with van der Waals surface area (Å²) in [5.41, 5.74) is 3.90. The molecule has 1 N–H and O–H groups in total. The van der Waals surface area contributed by atoms with Gasteiger partial charge in [0.1, 0.15) is 0 Å². The van der Waals surface area contributed by atoms with Crippen LogP contribution in [0.3, 0.4) is 0 Å². The summed E-state index contributed by atoms with van der Waals surface area (Å²) in [5.74, 6) is -1.44. The third kappa shape index (κ3) is 4.45. The zero-order valence-corrected chi connectivity index (χ0v) is 16.6. The summed E-state index contributed by atoms with van der Waals surface area (Å²) >= 11 is 0. The average molecular weight is 371 g/mol. The summed E-state index contributed by atoms with van der Waals surface area (Å²) in [6.45, 7) is 10.6. The maximum absolute atomic E-state index is 12.8. The van der Waals surface area contributed by atoms with Crippen LogP contribution < -0.4 is 0 Å². The number of ketones is 1. The second kappa shape index (κ2) is 8.20. The molecule has 0 saturated carbocycles. The second-order valence-corrected chi connectivity index (χ2v) is 6.63. The van der Waals surface area contributed by atoms with E-state index in [0.29, 0.717) is 22.4 Å². The van der Waals surface area contributed by atoms with Crippen LogP contribution in [-0.2, 0) is 9.47 Å². The maximum Gasteiger partial charge on any atom is 0.340 e. The fourth-order valence-corrected chi connectivity index (χ4v) is 3.08. The molecule has 1 heterocycles. The highest BCUT2D eigenvalue weighted by atomic mass is 16.5. The fraction of sp³-hybridized carbons (Fsp3) is 0.381. The molecule has 1 aromatic carbocycles. The molecule has 0 fully saturated rings. The van der Waals surface area contributed by atoms with E-state index in [1.165, 1.54) is 6.92 Å². The monoisotopic (exact) mass is 371 g/mol. The number of aromatic amines is 1. The van der Waals surface area contributed by atoms with Crippen LogP contribution in [0.5, 0.6) is 0 Å². The normalized spacial score (nSPS) is 11.8. The van der Waals surface area contributed by atoms with E-state index in [-0.39, 0.29) is 12.3 Å². The van der Waals surface area contributed by atoms with Crippen LogP contribution in [0.15, 0.2) is 18.2 Å². The van der Waals surface area contributed by atoms with Gasteiger partial charge in [0.2, 0.25) is 5.78 Å². The number of carbonyl (C=O) groups excluding carboxylic acids is 3. The first-order valence-corrected chi connectivity index (χ1v) is 8.85. The SMILES string of the molecule is CCOC(=O)c1c(C)[nH]c(C(=O)[C@@H](C)OC(=O)c2cc(C)cc(C)c2)c1C. The molecule has 1 aromatic heterocycles. The Morgan fingerprint density at radius 1 is 1.00 bits per heavy atom. The number of Topliss-reactive ketones (excluding diaryl/α,β-unsaturated/α-hetero) is 1. The van der Waals surface area contributed by atoms with E-state index in [1.807, 2.05) is 19.9 Å². The van der Waals surface area contributed by atoms with Gasteiger partial charge in [-0.25, -0.2) is 9.59 Å². The number of hydrogen-bond donors (Lipinski definition) is 1. The molecule has 0 radical (unpaired) electrons. The Kier molecular flexibility index (Phi) is 6.20. The van der Waals surface area contributed by atoms with Gasteiger partial charge in [-0.15, -0.1) is 0 Å². The van der Waals surface area contributed by atoms with Crippen molar-refractivity contribution in [1.82, 2.24) is 4.98 Å². The van der Waals surface area contributed by atoms with Gasteiger partial charge in [0, 0.05) is 5.69 Å². The van der Waals surface area contributed by atoms with Crippen molar-refractivity contribution in [2.45, 2.75) is 47.6 Å². The summed E-state index contributed by atoms with van der Waals surface area (Å²) in [5, 5.41) is 0. The molecule has 1 atom stereocenters. The second-order valence-electron chi connectivity index (χ2n) is 6.63. The first-order valence-electron chi connectivity index (χ1n) is 8.85. The van der Waals surface area contributed by atoms with Crippen molar-refractivity contribution < 1.29 is 23.9 Å². The molecule has 2 aromatic rings. The Morgan fingerprint density at radius 2 is 1.59 bits per heavy atom. The smallest absolute Gasteiger partial charge is 0.340 e. The minimum atomic E-state index is -0.995. The van der Waals surface area contributed by atoms with E-state index in [9.17, 15) is 14.4 Å². The number of aryl methyl sites for hydroxylation is 3. The lowest BCUT2D eigenvalue weighted by atomic mass is 10.1. The van der Waals surface area contributed by atoms with Crippen LogP contribution in [-0.4, -0.2) is 35.4 Å². The Hall–Kier alpha value is -2.89. The molecule has 0 unspecified atom stereocenters. The van der Waals surface area contributed by atoms with Crippen molar-refractivity contribution in [3.8, 4) is 0 Å². The topological polar surface area (TPSA) is 85.5 Å². The summed E-state index contributed by atoms with van der Waals surface area (Å²) < 4.78 is 10.4. The molecule has 27 heavy (non-hydrogen) atoms. The van der Waals surface area contributed by atoms with Crippen molar-refractivity contribution in [2.75, 3.05) is 6.61 Å². The molecule has 0 aliphatic carbocycles. The number of H-pyrrole nitrogens is 1. The van der Waals surface area contributed by atoms with Gasteiger partial charge in [0.15, 0.2) is 6.10 Å². The Morgan fingerprint density at radius 3 is 2.15 bits per heavy atom. The molecule has 0 aliphatic heterocycles. The highest BCUT2D eigenvalue weighted by Crippen LogP contribution is 2.21. The van der Waals surface area contributed by atoms with Gasteiger partial charge in [-0.3, -0.25) is 4.79 Å². The van der Waals surface area contributed by atoms with Crippen molar-refractivity contribution in [2.24, 2.45) is 0 Å². The Labute approximate surface area is 158 Å². The van der Waals surface area contributed by atoms with Crippen molar-refractivity contribution in [3.63, 3.8) is 0 Å². The number of nitrogens with one attached hydrogen (secondary N) is 1. The van der Waals surface area contributed by atoms with Gasteiger partial charge in [0.05, 0.1) is 23.4 Å². The summed E-state index contributed by atoms with van der Waals surface area (Å²) in [7, 11) is 0. The van der Waals surface area contributed by atoms with E-state index < -0.39 is 23.8 Å². The summed E-state index contributed by atoms with van der Waals surface area (Å²) in [4.78, 5) is 40.1. The van der Waals surface area contributed by atoms with E-state index in [1.54, 1.807) is 32.9 Å². The van der Waals surface area contributed by atoms with Crippen molar-refractivity contribution in [3.05, 3.63) is 57.4 Å². The number of aromatic nitrogens is 1. The molecule has 144 valence electrons. The number of ether oxygens (including phenoxy) is 2. The highest BCUT2D eigenvalue weighted by molar-refractivity contribution is 6.04. The van der Waals surface area contributed by atoms with Gasteiger partial charge >= 0.3 is 11.9 Å². The first-order chi connectivity index (χ1) is 12.6. The van der Waals surface area contributed by atoms with E-state index in [4.69, 9.17) is 9.47 Å². The largest absolute Gasteiger partial charge is 0.462 e. The molecule has 6 heteroatoms. The van der Waals surface area contributed by atoms with Crippen LogP contribution in [0, 0.1) is 27.7 Å². The van der Waals surface area contributed by atoms with E-state index in [2.05, 4.69) is 4.98 Å². The molecule has 6 nitrogen and oxygen atoms in total. The molecule has 2 rings (SSSR count). The van der Waals surface area contributed by atoms with Crippen molar-refractivity contribution in [1.29, 1.82) is 0 Å². The predicted octanol–water partition coefficient (Wildman–Crippen LogP) is 3.85. The minimum Gasteiger partial charge on any atom is -0.462 e. The summed E-state index contributed by atoms with van der Waals surface area (Å²) in [6.07, 6.45) is -0.995. The molecule has 0 amide bonds. The fourth-order valence-electron chi connectivity index (χ4n) is 3.08. The molecular formula is C21H25NO5. The van der Waals surface area contributed by atoms with Gasteiger partial charge < -0.3 is 14.5 Å². The van der Waals surface area contributed by atoms with Crippen LogP contribution in [0.2, 0.25) is 0 Å². The number of carbonyl (C=O) groups is 3. The van der Waals surface area contributed by atoms with Gasteiger partial charge in [-0.1, -0.05) is 17.2 Å². The number of rotatable bonds is 6. The van der Waals surface area contributed by atoms with Gasteiger partial charge in [-0.2, -0.15) is 0 Å². The van der Waals surface area contributed by atoms with Gasteiger partial charge in [-0.05, 0) is 59.2 Å². The maximum atomic E-state index is 12.8. The Bertz CT molecular complexity index is 874. The van der Waals surface area contributed by atoms with Crippen molar-refractivity contribution >= 4 is 17.7 Å². The molecule has 0 bridgehead atoms. The lowest BCUT2D eigenvalue weighted by Crippen LogP contribution is -2.25. The van der Waals surface area contributed by atoms with Crippen LogP contribution in [0.4, 0.5) is 0 Å². The predicted molar refractivity (Wildman–Crippen MR) is 101 cm³/mol. The lowest BCUT2D eigenvalue weighted by Gasteiger charge is -2.13. The van der Waals surface area contributed by atoms with Crippen LogP contribution in [0.1, 0.15) is 67.4 Å². The third-order valence-corrected chi connectivity index (χ3v) is 4.27. The number of esters is 2. The third-order valence-electron chi connectivity index (χ3n) is 4.27. The summed E-state index contributed by atoms with van der Waals surface area (Å²) in [6, 6.07) is 5.39. The zero-order chi connectivity index (χ0) is 20.3. The highest BCUT2D eigenvalue weighted by Gasteiger charge is 2.27. The standard InChI is InChI=1S/C21H25NO5/c1-7-26-21(25)17-13(4)18(22-14(17)5)19(23)15(6)27-20(24)16-9-11(2)8-12(3)10-16/h8-10,15,22H,7H2,1-6H3/t15-/m1/s1. The van der Waals surface area contributed by atoms with E-state index in [0.717, 1.165) is 11.1 Å². The number of hydrogen-bond acceptors (Lipinski definition) is 5.